The normalized spacial score (nSPS) is 14.3. The van der Waals surface area contributed by atoms with Crippen LogP contribution in [0.1, 0.15) is 49.5 Å². The average Bonchev–Trinajstić information content (AvgIpc) is 2.95. The van der Waals surface area contributed by atoms with Crippen LogP contribution >= 0.6 is 0 Å². The maximum atomic E-state index is 11.4. The third-order valence-electron chi connectivity index (χ3n) is 3.63. The minimum atomic E-state index is -0.449. The van der Waals surface area contributed by atoms with Crippen molar-refractivity contribution in [2.45, 2.75) is 39.3 Å². The van der Waals surface area contributed by atoms with Crippen LogP contribution in [0.3, 0.4) is 0 Å². The Morgan fingerprint density at radius 3 is 2.60 bits per heavy atom. The first-order valence-electron chi connectivity index (χ1n) is 6.97. The van der Waals surface area contributed by atoms with Gasteiger partial charge in [-0.05, 0) is 32.4 Å². The Morgan fingerprint density at radius 1 is 1.35 bits per heavy atom. The van der Waals surface area contributed by atoms with Gasteiger partial charge in [0.05, 0.1) is 19.8 Å². The summed E-state index contributed by atoms with van der Waals surface area (Å²) in [6.07, 6.45) is 1.04. The molecule has 0 aliphatic heterocycles. The highest BCUT2D eigenvalue weighted by molar-refractivity contribution is 5.86. The second-order valence-electron chi connectivity index (χ2n) is 4.86. The van der Waals surface area contributed by atoms with E-state index in [1.54, 1.807) is 13.2 Å². The molecular weight excluding hydrogens is 258 g/mol. The molecule has 2 atom stereocenters. The lowest BCUT2D eigenvalue weighted by molar-refractivity contribution is 0.0549. The average molecular weight is 283 g/mol. The molecule has 0 aliphatic carbocycles. The summed E-state index contributed by atoms with van der Waals surface area (Å²) in [4.78, 5) is 13.7. The summed E-state index contributed by atoms with van der Waals surface area (Å²) in [7, 11) is 3.04. The van der Waals surface area contributed by atoms with E-state index in [2.05, 4.69) is 30.4 Å². The molecule has 5 heteroatoms. The number of hydrogen-bond donors (Lipinski definition) is 0. The molecule has 0 bridgehead atoms. The number of nitrogens with zero attached hydrogens (tertiary/aromatic N) is 1. The van der Waals surface area contributed by atoms with Crippen LogP contribution in [-0.4, -0.2) is 44.3 Å². The van der Waals surface area contributed by atoms with Crippen LogP contribution in [0.25, 0.3) is 0 Å². The molecule has 1 aromatic rings. The highest BCUT2D eigenvalue weighted by Crippen LogP contribution is 2.25. The van der Waals surface area contributed by atoms with E-state index in [1.165, 1.54) is 7.11 Å². The van der Waals surface area contributed by atoms with Crippen molar-refractivity contribution in [3.05, 3.63) is 23.7 Å². The largest absolute Gasteiger partial charge is 0.463 e. The molecule has 20 heavy (non-hydrogen) atoms. The maximum absolute atomic E-state index is 11.4. The summed E-state index contributed by atoms with van der Waals surface area (Å²) in [6, 6.07) is 3.98. The molecule has 5 nitrogen and oxygen atoms in total. The Morgan fingerprint density at radius 2 is 2.05 bits per heavy atom. The molecule has 114 valence electrons. The highest BCUT2D eigenvalue weighted by atomic mass is 16.5. The van der Waals surface area contributed by atoms with E-state index in [4.69, 9.17) is 9.15 Å². The smallest absolute Gasteiger partial charge is 0.373 e. The van der Waals surface area contributed by atoms with Gasteiger partial charge in [-0.15, -0.1) is 0 Å². The number of carbonyl (C=O) groups is 1. The number of furan rings is 1. The minimum absolute atomic E-state index is 0.0820. The lowest BCUT2D eigenvalue weighted by Crippen LogP contribution is -2.37. The van der Waals surface area contributed by atoms with Crippen molar-refractivity contribution >= 4 is 5.97 Å². The fourth-order valence-corrected chi connectivity index (χ4v) is 2.18. The lowest BCUT2D eigenvalue weighted by Gasteiger charge is -2.32. The van der Waals surface area contributed by atoms with Gasteiger partial charge in [-0.2, -0.15) is 0 Å². The zero-order valence-electron chi connectivity index (χ0n) is 13.0. The van der Waals surface area contributed by atoms with Gasteiger partial charge in [0.25, 0.3) is 0 Å². The third kappa shape index (κ3) is 4.08. The summed E-state index contributed by atoms with van der Waals surface area (Å²) >= 11 is 0. The van der Waals surface area contributed by atoms with Crippen LogP contribution in [0.2, 0.25) is 0 Å². The summed E-state index contributed by atoms with van der Waals surface area (Å²) in [5, 5.41) is 0. The number of esters is 1. The molecular formula is C15H25NO4. The summed E-state index contributed by atoms with van der Waals surface area (Å²) in [5.74, 6) is 0.558. The van der Waals surface area contributed by atoms with E-state index >= 15 is 0 Å². The molecule has 0 N–H and O–H groups in total. The van der Waals surface area contributed by atoms with Gasteiger partial charge in [0, 0.05) is 19.7 Å². The van der Waals surface area contributed by atoms with Gasteiger partial charge < -0.3 is 13.9 Å². The molecule has 0 saturated carbocycles. The Balaban J connectivity index is 2.85. The number of methoxy groups -OCH3 is 2. The fraction of sp³-hybridized carbons (Fsp3) is 0.667. The van der Waals surface area contributed by atoms with Crippen molar-refractivity contribution in [2.75, 3.05) is 27.4 Å². The Kier molecular flexibility index (Phi) is 6.75. The van der Waals surface area contributed by atoms with Gasteiger partial charge in [-0.25, -0.2) is 4.79 Å². The van der Waals surface area contributed by atoms with Crippen molar-refractivity contribution in [3.8, 4) is 0 Å². The van der Waals surface area contributed by atoms with Crippen LogP contribution in [0.15, 0.2) is 16.5 Å². The monoisotopic (exact) mass is 283 g/mol. The lowest BCUT2D eigenvalue weighted by atomic mass is 10.1. The predicted octanol–water partition coefficient (Wildman–Crippen LogP) is 2.87. The molecule has 2 unspecified atom stereocenters. The van der Waals surface area contributed by atoms with Crippen LogP contribution in [0, 0.1) is 0 Å². The molecule has 1 aromatic heterocycles. The van der Waals surface area contributed by atoms with Gasteiger partial charge >= 0.3 is 5.97 Å². The van der Waals surface area contributed by atoms with Crippen molar-refractivity contribution in [1.29, 1.82) is 0 Å². The van der Waals surface area contributed by atoms with Gasteiger partial charge in [0.2, 0.25) is 5.76 Å². The molecule has 0 saturated heterocycles. The molecule has 0 fully saturated rings. The highest BCUT2D eigenvalue weighted by Gasteiger charge is 2.23. The van der Waals surface area contributed by atoms with Crippen LogP contribution in [0.4, 0.5) is 0 Å². The molecule has 0 radical (unpaired) electrons. The fourth-order valence-electron chi connectivity index (χ4n) is 2.18. The topological polar surface area (TPSA) is 51.9 Å². The van der Waals surface area contributed by atoms with Gasteiger partial charge in [0.15, 0.2) is 0 Å². The predicted molar refractivity (Wildman–Crippen MR) is 76.8 cm³/mol. The second-order valence-corrected chi connectivity index (χ2v) is 4.86. The minimum Gasteiger partial charge on any atom is -0.463 e. The van der Waals surface area contributed by atoms with Crippen molar-refractivity contribution in [2.24, 2.45) is 0 Å². The van der Waals surface area contributed by atoms with Crippen LogP contribution < -0.4 is 0 Å². The van der Waals surface area contributed by atoms with E-state index in [-0.39, 0.29) is 11.8 Å². The number of carbonyl (C=O) groups excluding carboxylic acids is 1. The second kappa shape index (κ2) is 8.07. The van der Waals surface area contributed by atoms with E-state index in [1.807, 2.05) is 6.07 Å². The number of hydrogen-bond acceptors (Lipinski definition) is 5. The van der Waals surface area contributed by atoms with E-state index in [0.717, 1.165) is 18.7 Å². The number of rotatable bonds is 8. The molecule has 1 rings (SSSR count). The standard InChI is InChI=1S/C15H25NO4/c1-6-11(2)16(9-10-18-4)12(3)13-7-8-14(20-13)15(17)19-5/h7-8,11-12H,6,9-10H2,1-5H3. The molecule has 0 amide bonds. The van der Waals surface area contributed by atoms with Crippen LogP contribution in [-0.2, 0) is 9.47 Å². The Bertz CT molecular complexity index is 416. The number of ether oxygens (including phenoxy) is 2. The van der Waals surface area contributed by atoms with Gasteiger partial charge in [-0.3, -0.25) is 4.90 Å². The Hall–Kier alpha value is -1.33. The first-order chi connectivity index (χ1) is 9.54. The van der Waals surface area contributed by atoms with Crippen molar-refractivity contribution in [1.82, 2.24) is 4.90 Å². The van der Waals surface area contributed by atoms with Crippen molar-refractivity contribution < 1.29 is 18.7 Å². The van der Waals surface area contributed by atoms with E-state index < -0.39 is 5.97 Å². The van der Waals surface area contributed by atoms with E-state index in [9.17, 15) is 4.79 Å². The summed E-state index contributed by atoms with van der Waals surface area (Å²) in [6.45, 7) is 7.89. The molecule has 0 aromatic carbocycles. The zero-order chi connectivity index (χ0) is 15.1. The van der Waals surface area contributed by atoms with Crippen molar-refractivity contribution in [3.63, 3.8) is 0 Å². The summed E-state index contributed by atoms with van der Waals surface area (Å²) < 4.78 is 15.4. The molecule has 0 spiro atoms. The first-order valence-corrected chi connectivity index (χ1v) is 6.97. The van der Waals surface area contributed by atoms with Crippen LogP contribution in [0.5, 0.6) is 0 Å². The zero-order valence-corrected chi connectivity index (χ0v) is 13.0. The maximum Gasteiger partial charge on any atom is 0.373 e. The SMILES string of the molecule is CCC(C)N(CCOC)C(C)c1ccc(C(=O)OC)o1. The third-order valence-corrected chi connectivity index (χ3v) is 3.63. The van der Waals surface area contributed by atoms with Gasteiger partial charge in [0.1, 0.15) is 5.76 Å². The first kappa shape index (κ1) is 16.7. The quantitative estimate of drug-likeness (QED) is 0.687. The Labute approximate surface area is 120 Å². The van der Waals surface area contributed by atoms with E-state index in [0.29, 0.717) is 12.6 Å². The molecule has 1 heterocycles. The van der Waals surface area contributed by atoms with Gasteiger partial charge in [-0.1, -0.05) is 6.92 Å². The molecule has 0 aliphatic rings. The summed E-state index contributed by atoms with van der Waals surface area (Å²) in [5.41, 5.74) is 0.